The molecule has 0 aromatic heterocycles. The fraction of sp³-hybridized carbons (Fsp3) is 0.625. The third-order valence-corrected chi connectivity index (χ3v) is 4.04. The molecule has 0 amide bonds. The lowest BCUT2D eigenvalue weighted by Gasteiger charge is -2.29. The van der Waals surface area contributed by atoms with E-state index < -0.39 is 0 Å². The lowest BCUT2D eigenvalue weighted by atomic mass is 9.93. The van der Waals surface area contributed by atoms with Gasteiger partial charge >= 0.3 is 0 Å². The van der Waals surface area contributed by atoms with Crippen LogP contribution in [0.1, 0.15) is 45.2 Å². The first-order valence-electron chi connectivity index (χ1n) is 6.88. The topological polar surface area (TPSA) is 41.5 Å². The predicted octanol–water partition coefficient (Wildman–Crippen LogP) is 3.77. The highest BCUT2D eigenvalue weighted by Gasteiger charge is 2.45. The number of phenolic OH excluding ortho intramolecular Hbond substituents is 1. The fourth-order valence-corrected chi connectivity index (χ4v) is 2.97. The van der Waals surface area contributed by atoms with E-state index in [0.29, 0.717) is 5.75 Å². The summed E-state index contributed by atoms with van der Waals surface area (Å²) in [5.74, 6) is 0.376. The average molecular weight is 263 g/mol. The zero-order valence-corrected chi connectivity index (χ0v) is 12.8. The van der Waals surface area contributed by atoms with Crippen molar-refractivity contribution in [1.29, 1.82) is 0 Å². The molecule has 1 unspecified atom stereocenters. The molecule has 0 bridgehead atoms. The fourth-order valence-electron chi connectivity index (χ4n) is 2.97. The van der Waals surface area contributed by atoms with Crippen molar-refractivity contribution in [2.75, 3.05) is 5.32 Å². The quantitative estimate of drug-likeness (QED) is 0.853. The standard InChI is InChI=1S/C16H25NO2/c1-10-7-8-12(11(2)14(10)18)17-13-9-15(3,4)19-16(13,5)6/h7-8,13,17-18H,9H2,1-6H3. The van der Waals surface area contributed by atoms with Crippen molar-refractivity contribution >= 4 is 5.69 Å². The Hall–Kier alpha value is -1.22. The first kappa shape index (κ1) is 14.2. The number of rotatable bonds is 2. The summed E-state index contributed by atoms with van der Waals surface area (Å²) in [4.78, 5) is 0. The van der Waals surface area contributed by atoms with E-state index in [2.05, 4.69) is 33.0 Å². The zero-order valence-electron chi connectivity index (χ0n) is 12.8. The molecule has 1 saturated heterocycles. The van der Waals surface area contributed by atoms with E-state index in [4.69, 9.17) is 4.74 Å². The smallest absolute Gasteiger partial charge is 0.123 e. The number of ether oxygens (including phenoxy) is 1. The minimum absolute atomic E-state index is 0.109. The normalized spacial score (nSPS) is 24.4. The van der Waals surface area contributed by atoms with Gasteiger partial charge in [0, 0.05) is 11.3 Å². The molecule has 1 aliphatic heterocycles. The van der Waals surface area contributed by atoms with Crippen LogP contribution in [0.15, 0.2) is 12.1 Å². The van der Waals surface area contributed by atoms with Gasteiger partial charge in [0.05, 0.1) is 17.2 Å². The largest absolute Gasteiger partial charge is 0.507 e. The Morgan fingerprint density at radius 2 is 1.84 bits per heavy atom. The molecule has 0 radical (unpaired) electrons. The van der Waals surface area contributed by atoms with Crippen LogP contribution in [0.4, 0.5) is 5.69 Å². The molecule has 1 aliphatic rings. The molecular weight excluding hydrogens is 238 g/mol. The van der Waals surface area contributed by atoms with Crippen molar-refractivity contribution in [2.24, 2.45) is 0 Å². The van der Waals surface area contributed by atoms with Crippen LogP contribution in [0.2, 0.25) is 0 Å². The van der Waals surface area contributed by atoms with Gasteiger partial charge < -0.3 is 15.2 Å². The van der Waals surface area contributed by atoms with Gasteiger partial charge in [-0.2, -0.15) is 0 Å². The highest BCUT2D eigenvalue weighted by Crippen LogP contribution is 2.40. The van der Waals surface area contributed by atoms with Crippen molar-refractivity contribution in [2.45, 2.75) is 65.2 Å². The lowest BCUT2D eigenvalue weighted by Crippen LogP contribution is -2.38. The molecule has 1 aromatic rings. The van der Waals surface area contributed by atoms with E-state index in [1.807, 2.05) is 26.0 Å². The Morgan fingerprint density at radius 1 is 1.21 bits per heavy atom. The molecule has 0 spiro atoms. The van der Waals surface area contributed by atoms with Crippen molar-refractivity contribution in [3.8, 4) is 5.75 Å². The van der Waals surface area contributed by atoms with Crippen molar-refractivity contribution < 1.29 is 9.84 Å². The third-order valence-electron chi connectivity index (χ3n) is 4.04. The van der Waals surface area contributed by atoms with Crippen molar-refractivity contribution in [3.63, 3.8) is 0 Å². The van der Waals surface area contributed by atoms with Gasteiger partial charge in [-0.05, 0) is 59.6 Å². The van der Waals surface area contributed by atoms with Crippen molar-refractivity contribution in [1.82, 2.24) is 0 Å². The monoisotopic (exact) mass is 263 g/mol. The first-order valence-corrected chi connectivity index (χ1v) is 6.88. The number of hydrogen-bond acceptors (Lipinski definition) is 3. The van der Waals surface area contributed by atoms with Crippen LogP contribution in [0.25, 0.3) is 0 Å². The summed E-state index contributed by atoms with van der Waals surface area (Å²) in [5.41, 5.74) is 2.48. The molecule has 1 aromatic carbocycles. The van der Waals surface area contributed by atoms with Gasteiger partial charge in [-0.3, -0.25) is 0 Å². The third kappa shape index (κ3) is 2.71. The van der Waals surface area contributed by atoms with Gasteiger partial charge in [0.15, 0.2) is 0 Å². The number of hydrogen-bond donors (Lipinski definition) is 2. The lowest BCUT2D eigenvalue weighted by molar-refractivity contribution is -0.0662. The Morgan fingerprint density at radius 3 is 2.37 bits per heavy atom. The van der Waals surface area contributed by atoms with Gasteiger partial charge in [-0.25, -0.2) is 0 Å². The van der Waals surface area contributed by atoms with Crippen LogP contribution < -0.4 is 5.32 Å². The number of phenols is 1. The highest BCUT2D eigenvalue weighted by atomic mass is 16.5. The molecule has 0 saturated carbocycles. The van der Waals surface area contributed by atoms with Crippen LogP contribution in [-0.2, 0) is 4.74 Å². The maximum atomic E-state index is 10.0. The van der Waals surface area contributed by atoms with Gasteiger partial charge in [-0.15, -0.1) is 0 Å². The van der Waals surface area contributed by atoms with E-state index in [1.54, 1.807) is 0 Å². The molecule has 1 heterocycles. The van der Waals surface area contributed by atoms with Crippen LogP contribution >= 0.6 is 0 Å². The molecular formula is C16H25NO2. The minimum atomic E-state index is -0.212. The minimum Gasteiger partial charge on any atom is -0.507 e. The molecule has 1 atom stereocenters. The zero-order chi connectivity index (χ0) is 14.4. The maximum Gasteiger partial charge on any atom is 0.123 e. The molecule has 0 aliphatic carbocycles. The van der Waals surface area contributed by atoms with Gasteiger partial charge in [-0.1, -0.05) is 6.07 Å². The molecule has 3 heteroatoms. The molecule has 2 rings (SSSR count). The Kier molecular flexibility index (Phi) is 3.29. The first-order chi connectivity index (χ1) is 8.62. The number of aromatic hydroxyl groups is 1. The molecule has 19 heavy (non-hydrogen) atoms. The number of aryl methyl sites for hydroxylation is 1. The summed E-state index contributed by atoms with van der Waals surface area (Å²) in [7, 11) is 0. The van der Waals surface area contributed by atoms with E-state index in [9.17, 15) is 5.11 Å². The van der Waals surface area contributed by atoms with Crippen LogP contribution in [-0.4, -0.2) is 22.4 Å². The number of nitrogens with one attached hydrogen (secondary N) is 1. The average Bonchev–Trinajstić information content (AvgIpc) is 2.47. The van der Waals surface area contributed by atoms with E-state index in [-0.39, 0.29) is 17.2 Å². The maximum absolute atomic E-state index is 10.0. The van der Waals surface area contributed by atoms with Crippen LogP contribution in [0.5, 0.6) is 5.75 Å². The Labute approximate surface area is 116 Å². The summed E-state index contributed by atoms with van der Waals surface area (Å²) < 4.78 is 6.09. The van der Waals surface area contributed by atoms with Gasteiger partial charge in [0.25, 0.3) is 0 Å². The summed E-state index contributed by atoms with van der Waals surface area (Å²) in [6, 6.07) is 4.22. The highest BCUT2D eigenvalue weighted by molar-refractivity contribution is 5.59. The molecule has 1 fully saturated rings. The van der Waals surface area contributed by atoms with Gasteiger partial charge in [0.1, 0.15) is 5.75 Å². The Bertz CT molecular complexity index is 492. The van der Waals surface area contributed by atoms with Crippen molar-refractivity contribution in [3.05, 3.63) is 23.3 Å². The molecule has 106 valence electrons. The van der Waals surface area contributed by atoms with E-state index in [0.717, 1.165) is 23.2 Å². The number of anilines is 1. The van der Waals surface area contributed by atoms with E-state index in [1.165, 1.54) is 0 Å². The van der Waals surface area contributed by atoms with Crippen LogP contribution in [0, 0.1) is 13.8 Å². The predicted molar refractivity (Wildman–Crippen MR) is 78.9 cm³/mol. The summed E-state index contributed by atoms with van der Waals surface area (Å²) in [6.07, 6.45) is 0.952. The Balaban J connectivity index is 2.25. The SMILES string of the molecule is Cc1ccc(NC2CC(C)(C)OC2(C)C)c(C)c1O. The van der Waals surface area contributed by atoms with Gasteiger partial charge in [0.2, 0.25) is 0 Å². The summed E-state index contributed by atoms with van der Waals surface area (Å²) >= 11 is 0. The van der Waals surface area contributed by atoms with E-state index >= 15 is 0 Å². The second-order valence-corrected chi connectivity index (χ2v) is 6.77. The van der Waals surface area contributed by atoms with Crippen LogP contribution in [0.3, 0.4) is 0 Å². The molecule has 3 nitrogen and oxygen atoms in total. The second kappa shape index (κ2) is 4.41. The number of benzene rings is 1. The summed E-state index contributed by atoms with van der Waals surface area (Å²) in [6.45, 7) is 12.3. The molecule has 2 N–H and O–H groups in total. The second-order valence-electron chi connectivity index (χ2n) is 6.77. The summed E-state index contributed by atoms with van der Waals surface area (Å²) in [5, 5.41) is 13.6.